The molecular formula is C15H11F3N2O3. The number of carbonyl (C=O) groups excluding carboxylic acids is 1. The van der Waals surface area contributed by atoms with Crippen molar-refractivity contribution >= 4 is 17.6 Å². The highest BCUT2D eigenvalue weighted by Gasteiger charge is 2.43. The number of hydrogen-bond acceptors (Lipinski definition) is 3. The number of nitrogens with zero attached hydrogens (tertiary/aromatic N) is 2. The van der Waals surface area contributed by atoms with E-state index in [2.05, 4.69) is 4.98 Å². The second kappa shape index (κ2) is 6.47. The monoisotopic (exact) mass is 324 g/mol. The number of aromatic nitrogens is 1. The molecule has 0 unspecified atom stereocenters. The minimum atomic E-state index is -5.02. The van der Waals surface area contributed by atoms with Gasteiger partial charge in [0.05, 0.1) is 12.1 Å². The molecule has 23 heavy (non-hydrogen) atoms. The average Bonchev–Trinajstić information content (AvgIpc) is 2.52. The number of anilines is 1. The fourth-order valence-corrected chi connectivity index (χ4v) is 1.89. The molecule has 0 spiro atoms. The molecule has 0 bridgehead atoms. The Labute approximate surface area is 129 Å². The van der Waals surface area contributed by atoms with Gasteiger partial charge in [0.2, 0.25) is 0 Å². The van der Waals surface area contributed by atoms with Crippen LogP contribution in [0.5, 0.6) is 0 Å². The van der Waals surface area contributed by atoms with E-state index in [4.69, 9.17) is 5.11 Å². The lowest BCUT2D eigenvalue weighted by Crippen LogP contribution is -2.40. The molecular weight excluding hydrogens is 313 g/mol. The van der Waals surface area contributed by atoms with Crippen LogP contribution in [0.15, 0.2) is 48.8 Å². The Hall–Kier alpha value is -2.90. The lowest BCUT2D eigenvalue weighted by molar-refractivity contribution is -0.170. The van der Waals surface area contributed by atoms with Gasteiger partial charge in [-0.15, -0.1) is 0 Å². The molecule has 1 aromatic carbocycles. The van der Waals surface area contributed by atoms with E-state index in [9.17, 15) is 22.8 Å². The molecule has 0 aliphatic carbocycles. The molecule has 0 atom stereocenters. The van der Waals surface area contributed by atoms with Crippen LogP contribution in [0.1, 0.15) is 15.9 Å². The van der Waals surface area contributed by atoms with Crippen LogP contribution in [0.25, 0.3) is 0 Å². The van der Waals surface area contributed by atoms with E-state index in [1.165, 1.54) is 48.8 Å². The Morgan fingerprint density at radius 2 is 1.61 bits per heavy atom. The highest BCUT2D eigenvalue weighted by atomic mass is 19.4. The number of carboxylic acids is 1. The highest BCUT2D eigenvalue weighted by Crippen LogP contribution is 2.25. The van der Waals surface area contributed by atoms with Gasteiger partial charge in [-0.1, -0.05) is 12.1 Å². The number of carboxylic acid groups (broad SMARTS) is 1. The third kappa shape index (κ3) is 4.06. The molecule has 0 aliphatic rings. The number of halogens is 3. The first-order chi connectivity index (χ1) is 10.8. The zero-order valence-corrected chi connectivity index (χ0v) is 11.6. The summed E-state index contributed by atoms with van der Waals surface area (Å²) in [5.41, 5.74) is 0.417. The summed E-state index contributed by atoms with van der Waals surface area (Å²) in [6.45, 7) is -0.345. The maximum absolute atomic E-state index is 12.8. The summed E-state index contributed by atoms with van der Waals surface area (Å²) in [5, 5.41) is 8.81. The van der Waals surface area contributed by atoms with E-state index < -0.39 is 18.1 Å². The van der Waals surface area contributed by atoms with Gasteiger partial charge in [0.25, 0.3) is 0 Å². The van der Waals surface area contributed by atoms with Gasteiger partial charge in [-0.25, -0.2) is 4.79 Å². The number of amides is 1. The van der Waals surface area contributed by atoms with Crippen molar-refractivity contribution in [1.82, 2.24) is 4.98 Å². The predicted molar refractivity (Wildman–Crippen MR) is 74.9 cm³/mol. The van der Waals surface area contributed by atoms with Crippen LogP contribution < -0.4 is 4.90 Å². The third-order valence-electron chi connectivity index (χ3n) is 3.00. The van der Waals surface area contributed by atoms with Gasteiger partial charge >= 0.3 is 18.1 Å². The smallest absolute Gasteiger partial charge is 0.471 e. The van der Waals surface area contributed by atoms with E-state index >= 15 is 0 Å². The predicted octanol–water partition coefficient (Wildman–Crippen LogP) is 2.88. The summed E-state index contributed by atoms with van der Waals surface area (Å²) in [7, 11) is 0. The van der Waals surface area contributed by atoms with E-state index in [0.29, 0.717) is 10.5 Å². The molecule has 0 aliphatic heterocycles. The lowest BCUT2D eigenvalue weighted by atomic mass is 10.1. The lowest BCUT2D eigenvalue weighted by Gasteiger charge is -2.23. The molecule has 0 saturated carbocycles. The summed E-state index contributed by atoms with van der Waals surface area (Å²) in [5.74, 6) is -3.15. The van der Waals surface area contributed by atoms with Crippen molar-refractivity contribution in [2.75, 3.05) is 4.90 Å². The standard InChI is InChI=1S/C15H11F3N2O3/c16-15(17,18)14(23)20(12-5-7-19-8-6-12)9-10-1-3-11(4-2-10)13(21)22/h1-8H,9H2,(H,21,22). The zero-order valence-electron chi connectivity index (χ0n) is 11.6. The SMILES string of the molecule is O=C(O)c1ccc(CN(C(=O)C(F)(F)F)c2ccncc2)cc1. The topological polar surface area (TPSA) is 70.5 Å². The Balaban J connectivity index is 2.31. The number of aromatic carboxylic acids is 1. The molecule has 1 amide bonds. The maximum Gasteiger partial charge on any atom is 0.471 e. The molecule has 5 nitrogen and oxygen atoms in total. The normalized spacial score (nSPS) is 11.1. The Kier molecular flexibility index (Phi) is 4.63. The van der Waals surface area contributed by atoms with Crippen LogP contribution in [0, 0.1) is 0 Å². The molecule has 1 aromatic heterocycles. The first-order valence-electron chi connectivity index (χ1n) is 6.40. The fraction of sp³-hybridized carbons (Fsp3) is 0.133. The maximum atomic E-state index is 12.8. The summed E-state index contributed by atoms with van der Waals surface area (Å²) in [6.07, 6.45) is -2.47. The first-order valence-corrected chi connectivity index (χ1v) is 6.40. The highest BCUT2D eigenvalue weighted by molar-refractivity contribution is 5.97. The van der Waals surface area contributed by atoms with Crippen LogP contribution >= 0.6 is 0 Å². The van der Waals surface area contributed by atoms with Crippen LogP contribution in [0.4, 0.5) is 18.9 Å². The summed E-state index contributed by atoms with van der Waals surface area (Å²) in [6, 6.07) is 7.83. The van der Waals surface area contributed by atoms with E-state index in [1.54, 1.807) is 0 Å². The Morgan fingerprint density at radius 1 is 1.04 bits per heavy atom. The average molecular weight is 324 g/mol. The summed E-state index contributed by atoms with van der Waals surface area (Å²) >= 11 is 0. The van der Waals surface area contributed by atoms with Gasteiger partial charge in [0, 0.05) is 18.1 Å². The van der Waals surface area contributed by atoms with E-state index in [1.807, 2.05) is 0 Å². The fourth-order valence-electron chi connectivity index (χ4n) is 1.89. The van der Waals surface area contributed by atoms with Crippen molar-refractivity contribution in [2.24, 2.45) is 0 Å². The third-order valence-corrected chi connectivity index (χ3v) is 3.00. The van der Waals surface area contributed by atoms with Crippen LogP contribution in [-0.2, 0) is 11.3 Å². The second-order valence-electron chi connectivity index (χ2n) is 4.60. The summed E-state index contributed by atoms with van der Waals surface area (Å²) < 4.78 is 38.3. The second-order valence-corrected chi connectivity index (χ2v) is 4.60. The van der Waals surface area contributed by atoms with Crippen molar-refractivity contribution in [3.8, 4) is 0 Å². The van der Waals surface area contributed by atoms with Crippen LogP contribution in [-0.4, -0.2) is 28.1 Å². The molecule has 2 aromatic rings. The number of rotatable bonds is 4. The van der Waals surface area contributed by atoms with E-state index in [-0.39, 0.29) is 17.8 Å². The number of pyridine rings is 1. The molecule has 2 rings (SSSR count). The number of carbonyl (C=O) groups is 2. The van der Waals surface area contributed by atoms with E-state index in [0.717, 1.165) is 0 Å². The Morgan fingerprint density at radius 3 is 2.09 bits per heavy atom. The first kappa shape index (κ1) is 16.5. The van der Waals surface area contributed by atoms with Crippen molar-refractivity contribution in [2.45, 2.75) is 12.7 Å². The molecule has 8 heteroatoms. The molecule has 0 fully saturated rings. The van der Waals surface area contributed by atoms with Gasteiger partial charge in [-0.2, -0.15) is 13.2 Å². The summed E-state index contributed by atoms with van der Waals surface area (Å²) in [4.78, 5) is 26.7. The molecule has 120 valence electrons. The minimum absolute atomic E-state index is 0.00589. The number of hydrogen-bond donors (Lipinski definition) is 1. The van der Waals surface area contributed by atoms with Gasteiger partial charge < -0.3 is 10.0 Å². The molecule has 1 N–H and O–H groups in total. The number of alkyl halides is 3. The van der Waals surface area contributed by atoms with Gasteiger partial charge in [0.15, 0.2) is 0 Å². The quantitative estimate of drug-likeness (QED) is 0.939. The van der Waals surface area contributed by atoms with Crippen molar-refractivity contribution in [1.29, 1.82) is 0 Å². The van der Waals surface area contributed by atoms with Crippen LogP contribution in [0.3, 0.4) is 0 Å². The molecule has 0 saturated heterocycles. The number of benzene rings is 1. The Bertz CT molecular complexity index is 700. The van der Waals surface area contributed by atoms with Crippen molar-refractivity contribution < 1.29 is 27.9 Å². The molecule has 0 radical (unpaired) electrons. The zero-order chi connectivity index (χ0) is 17.0. The van der Waals surface area contributed by atoms with Gasteiger partial charge in [0.1, 0.15) is 0 Å². The van der Waals surface area contributed by atoms with Gasteiger partial charge in [-0.05, 0) is 29.8 Å². The largest absolute Gasteiger partial charge is 0.478 e. The molecule has 1 heterocycles. The van der Waals surface area contributed by atoms with Crippen LogP contribution in [0.2, 0.25) is 0 Å². The minimum Gasteiger partial charge on any atom is -0.478 e. The van der Waals surface area contributed by atoms with Crippen molar-refractivity contribution in [3.63, 3.8) is 0 Å². The van der Waals surface area contributed by atoms with Gasteiger partial charge in [-0.3, -0.25) is 9.78 Å². The van der Waals surface area contributed by atoms with Crippen molar-refractivity contribution in [3.05, 3.63) is 59.9 Å².